The second-order valence-corrected chi connectivity index (χ2v) is 3.30. The van der Waals surface area contributed by atoms with Crippen LogP contribution in [0.3, 0.4) is 0 Å². The molecule has 1 aromatic heterocycles. The summed E-state index contributed by atoms with van der Waals surface area (Å²) in [6.07, 6.45) is 1.33. The Morgan fingerprint density at radius 3 is 2.65 bits per heavy atom. The van der Waals surface area contributed by atoms with E-state index in [-0.39, 0.29) is 11.4 Å². The maximum absolute atomic E-state index is 13.2. The highest BCUT2D eigenvalue weighted by Crippen LogP contribution is 2.16. The number of ether oxygens (including phenoxy) is 1. The fourth-order valence-electron chi connectivity index (χ4n) is 1.21. The summed E-state index contributed by atoms with van der Waals surface area (Å²) in [4.78, 5) is 15.4. The molecule has 0 aliphatic heterocycles. The van der Waals surface area contributed by atoms with E-state index in [9.17, 15) is 9.18 Å². The van der Waals surface area contributed by atoms with Gasteiger partial charge in [0.2, 0.25) is 0 Å². The summed E-state index contributed by atoms with van der Waals surface area (Å²) in [5.41, 5.74) is 5.94. The molecular weight excluding hydrogens is 223 g/mol. The average molecular weight is 232 g/mol. The van der Waals surface area contributed by atoms with Gasteiger partial charge in [-0.15, -0.1) is 0 Å². The number of nitrogen functional groups attached to an aromatic ring is 1. The molecule has 0 amide bonds. The number of anilines is 1. The Morgan fingerprint density at radius 2 is 2.00 bits per heavy atom. The number of pyridine rings is 1. The molecule has 1 aromatic carbocycles. The highest BCUT2D eigenvalue weighted by molar-refractivity contribution is 5.89. The lowest BCUT2D eigenvalue weighted by Crippen LogP contribution is -2.11. The molecule has 17 heavy (non-hydrogen) atoms. The van der Waals surface area contributed by atoms with Gasteiger partial charge in [-0.3, -0.25) is 0 Å². The Bertz CT molecular complexity index is 540. The number of hydrogen-bond donors (Lipinski definition) is 1. The van der Waals surface area contributed by atoms with Crippen LogP contribution in [0, 0.1) is 5.82 Å². The van der Waals surface area contributed by atoms with Crippen LogP contribution in [0.4, 0.5) is 10.1 Å². The number of hydrogen-bond acceptors (Lipinski definition) is 4. The van der Waals surface area contributed by atoms with Crippen LogP contribution in [-0.2, 0) is 0 Å². The molecule has 0 saturated carbocycles. The van der Waals surface area contributed by atoms with Crippen molar-refractivity contribution in [1.29, 1.82) is 0 Å². The highest BCUT2D eigenvalue weighted by Gasteiger charge is 2.12. The molecule has 0 atom stereocenters. The van der Waals surface area contributed by atoms with Crippen molar-refractivity contribution in [3.63, 3.8) is 0 Å². The SMILES string of the molecule is Nc1ccc(C(=O)Oc2ccccc2F)nc1. The molecule has 0 saturated heterocycles. The van der Waals surface area contributed by atoms with Crippen LogP contribution >= 0.6 is 0 Å². The van der Waals surface area contributed by atoms with Gasteiger partial charge in [0.15, 0.2) is 11.6 Å². The second kappa shape index (κ2) is 4.61. The van der Waals surface area contributed by atoms with E-state index in [1.807, 2.05) is 0 Å². The molecule has 0 radical (unpaired) electrons. The van der Waals surface area contributed by atoms with E-state index in [0.717, 1.165) is 0 Å². The predicted octanol–water partition coefficient (Wildman–Crippen LogP) is 2.02. The van der Waals surface area contributed by atoms with Gasteiger partial charge in [0, 0.05) is 0 Å². The van der Waals surface area contributed by atoms with Gasteiger partial charge >= 0.3 is 5.97 Å². The third-order valence-electron chi connectivity index (χ3n) is 2.03. The molecule has 5 heteroatoms. The van der Waals surface area contributed by atoms with E-state index in [1.54, 1.807) is 6.07 Å². The number of benzene rings is 1. The fraction of sp³-hybridized carbons (Fsp3) is 0. The lowest BCUT2D eigenvalue weighted by Gasteiger charge is -2.04. The Hall–Kier alpha value is -2.43. The molecule has 2 N–H and O–H groups in total. The molecule has 0 fully saturated rings. The predicted molar refractivity (Wildman–Crippen MR) is 60.0 cm³/mol. The molecule has 4 nitrogen and oxygen atoms in total. The number of para-hydroxylation sites is 1. The summed E-state index contributed by atoms with van der Waals surface area (Å²) < 4.78 is 18.1. The number of halogens is 1. The molecule has 0 spiro atoms. The number of carbonyl (C=O) groups excluding carboxylic acids is 1. The summed E-state index contributed by atoms with van der Waals surface area (Å²) in [6, 6.07) is 8.59. The summed E-state index contributed by atoms with van der Waals surface area (Å²) >= 11 is 0. The standard InChI is InChI=1S/C12H9FN2O2/c13-9-3-1-2-4-11(9)17-12(16)10-6-5-8(14)7-15-10/h1-7H,14H2. The van der Waals surface area contributed by atoms with Crippen LogP contribution in [0.5, 0.6) is 5.75 Å². The first-order valence-electron chi connectivity index (χ1n) is 4.85. The van der Waals surface area contributed by atoms with Gasteiger partial charge in [-0.05, 0) is 24.3 Å². The van der Waals surface area contributed by atoms with Crippen molar-refractivity contribution >= 4 is 11.7 Å². The van der Waals surface area contributed by atoms with Crippen LogP contribution in [0.2, 0.25) is 0 Å². The normalized spacial score (nSPS) is 9.94. The van der Waals surface area contributed by atoms with Crippen molar-refractivity contribution in [2.24, 2.45) is 0 Å². The molecule has 0 bridgehead atoms. The monoisotopic (exact) mass is 232 g/mol. The Balaban J connectivity index is 2.17. The van der Waals surface area contributed by atoms with Gasteiger partial charge in [-0.1, -0.05) is 12.1 Å². The molecule has 0 aliphatic rings. The van der Waals surface area contributed by atoms with Crippen molar-refractivity contribution in [3.05, 3.63) is 54.1 Å². The minimum absolute atomic E-state index is 0.0717. The number of rotatable bonds is 2. The quantitative estimate of drug-likeness (QED) is 0.635. The fourth-order valence-corrected chi connectivity index (χ4v) is 1.21. The molecule has 2 rings (SSSR count). The third-order valence-corrected chi connectivity index (χ3v) is 2.03. The third kappa shape index (κ3) is 2.57. The lowest BCUT2D eigenvalue weighted by atomic mass is 10.3. The van der Waals surface area contributed by atoms with Crippen LogP contribution in [0.25, 0.3) is 0 Å². The van der Waals surface area contributed by atoms with E-state index in [4.69, 9.17) is 10.5 Å². The average Bonchev–Trinajstić information content (AvgIpc) is 2.33. The van der Waals surface area contributed by atoms with Crippen molar-refractivity contribution < 1.29 is 13.9 Å². The molecule has 2 aromatic rings. The van der Waals surface area contributed by atoms with E-state index in [2.05, 4.69) is 4.98 Å². The maximum Gasteiger partial charge on any atom is 0.362 e. The van der Waals surface area contributed by atoms with Gasteiger partial charge in [0.05, 0.1) is 11.9 Å². The summed E-state index contributed by atoms with van der Waals surface area (Å²) in [6.45, 7) is 0. The van der Waals surface area contributed by atoms with Crippen LogP contribution in [0.15, 0.2) is 42.6 Å². The zero-order chi connectivity index (χ0) is 12.3. The molecular formula is C12H9FN2O2. The summed E-state index contributed by atoms with van der Waals surface area (Å²) in [7, 11) is 0. The Kier molecular flexibility index (Phi) is 3.00. The first kappa shape index (κ1) is 11.1. The Morgan fingerprint density at radius 1 is 1.24 bits per heavy atom. The zero-order valence-electron chi connectivity index (χ0n) is 8.76. The summed E-state index contributed by atoms with van der Waals surface area (Å²) in [5.74, 6) is -1.46. The van der Waals surface area contributed by atoms with Gasteiger partial charge in [0.25, 0.3) is 0 Å². The lowest BCUT2D eigenvalue weighted by molar-refractivity contribution is 0.0722. The molecule has 0 aliphatic carbocycles. The molecule has 86 valence electrons. The van der Waals surface area contributed by atoms with Crippen LogP contribution in [0.1, 0.15) is 10.5 Å². The maximum atomic E-state index is 13.2. The van der Waals surface area contributed by atoms with E-state index in [1.165, 1.54) is 36.5 Å². The second-order valence-electron chi connectivity index (χ2n) is 3.30. The van der Waals surface area contributed by atoms with Crippen LogP contribution in [-0.4, -0.2) is 11.0 Å². The van der Waals surface area contributed by atoms with Gasteiger partial charge in [-0.2, -0.15) is 0 Å². The summed E-state index contributed by atoms with van der Waals surface area (Å²) in [5, 5.41) is 0. The van der Waals surface area contributed by atoms with E-state index < -0.39 is 11.8 Å². The van der Waals surface area contributed by atoms with Crippen molar-refractivity contribution in [1.82, 2.24) is 4.98 Å². The number of nitrogens with two attached hydrogens (primary N) is 1. The number of aromatic nitrogens is 1. The van der Waals surface area contributed by atoms with E-state index in [0.29, 0.717) is 5.69 Å². The number of esters is 1. The highest BCUT2D eigenvalue weighted by atomic mass is 19.1. The van der Waals surface area contributed by atoms with Crippen molar-refractivity contribution in [2.75, 3.05) is 5.73 Å². The van der Waals surface area contributed by atoms with Crippen LogP contribution < -0.4 is 10.5 Å². The number of carbonyl (C=O) groups is 1. The van der Waals surface area contributed by atoms with Gasteiger partial charge < -0.3 is 10.5 Å². The van der Waals surface area contributed by atoms with E-state index >= 15 is 0 Å². The van der Waals surface area contributed by atoms with Gasteiger partial charge in [0.1, 0.15) is 5.69 Å². The minimum Gasteiger partial charge on any atom is -0.419 e. The zero-order valence-corrected chi connectivity index (χ0v) is 8.76. The smallest absolute Gasteiger partial charge is 0.362 e. The minimum atomic E-state index is -0.727. The molecule has 0 unspecified atom stereocenters. The van der Waals surface area contributed by atoms with Crippen molar-refractivity contribution in [2.45, 2.75) is 0 Å². The first-order chi connectivity index (χ1) is 8.16. The van der Waals surface area contributed by atoms with Crippen molar-refractivity contribution in [3.8, 4) is 5.75 Å². The largest absolute Gasteiger partial charge is 0.419 e. The molecule has 1 heterocycles. The number of nitrogens with zero attached hydrogens (tertiary/aromatic N) is 1. The van der Waals surface area contributed by atoms with Gasteiger partial charge in [-0.25, -0.2) is 14.2 Å². The Labute approximate surface area is 96.9 Å². The first-order valence-corrected chi connectivity index (χ1v) is 4.85. The topological polar surface area (TPSA) is 65.2 Å².